The number of rotatable bonds is 4. The molecule has 1 saturated carbocycles. The van der Waals surface area contributed by atoms with E-state index in [2.05, 4.69) is 13.8 Å². The van der Waals surface area contributed by atoms with E-state index in [1.54, 1.807) is 13.2 Å². The van der Waals surface area contributed by atoms with Crippen LogP contribution in [0.2, 0.25) is 0 Å². The molecule has 1 aromatic rings. The number of ether oxygens (including phenoxy) is 1. The van der Waals surface area contributed by atoms with Crippen molar-refractivity contribution in [3.8, 4) is 0 Å². The van der Waals surface area contributed by atoms with Gasteiger partial charge in [-0.25, -0.2) is 8.78 Å². The number of halogens is 2. The molecular formula is C17H24F2O. The maximum Gasteiger partial charge on any atom is 0.159 e. The Labute approximate surface area is 120 Å². The highest BCUT2D eigenvalue weighted by atomic mass is 19.2. The lowest BCUT2D eigenvalue weighted by atomic mass is 9.72. The highest BCUT2D eigenvalue weighted by Crippen LogP contribution is 2.39. The van der Waals surface area contributed by atoms with Crippen LogP contribution in [-0.2, 0) is 11.2 Å². The van der Waals surface area contributed by atoms with Crippen molar-refractivity contribution in [2.24, 2.45) is 11.8 Å². The fourth-order valence-electron chi connectivity index (χ4n) is 3.31. The molecule has 0 saturated heterocycles. The zero-order valence-electron chi connectivity index (χ0n) is 12.6. The SMILES string of the molecule is COC1(Cc2ccc(F)c(F)c2)CCC(C(C)C)CC1. The van der Waals surface area contributed by atoms with Crippen molar-refractivity contribution in [3.63, 3.8) is 0 Å². The van der Waals surface area contributed by atoms with Crippen LogP contribution in [0.25, 0.3) is 0 Å². The van der Waals surface area contributed by atoms with Crippen molar-refractivity contribution in [2.75, 3.05) is 7.11 Å². The minimum absolute atomic E-state index is 0.213. The molecule has 0 amide bonds. The zero-order chi connectivity index (χ0) is 14.8. The van der Waals surface area contributed by atoms with E-state index in [0.29, 0.717) is 12.3 Å². The Morgan fingerprint density at radius 2 is 1.85 bits per heavy atom. The number of benzene rings is 1. The van der Waals surface area contributed by atoms with Crippen LogP contribution in [0.5, 0.6) is 0 Å². The van der Waals surface area contributed by atoms with E-state index in [9.17, 15) is 8.78 Å². The van der Waals surface area contributed by atoms with Gasteiger partial charge in [0.25, 0.3) is 0 Å². The van der Waals surface area contributed by atoms with Gasteiger partial charge in [0, 0.05) is 13.5 Å². The first-order valence-electron chi connectivity index (χ1n) is 7.45. The quantitative estimate of drug-likeness (QED) is 0.775. The minimum atomic E-state index is -0.788. The standard InChI is InChI=1S/C17H24F2O/c1-12(2)14-6-8-17(20-3,9-7-14)11-13-4-5-15(18)16(19)10-13/h4-5,10,12,14H,6-9,11H2,1-3H3. The van der Waals surface area contributed by atoms with Gasteiger partial charge in [-0.15, -0.1) is 0 Å². The molecule has 1 aliphatic carbocycles. The molecule has 1 aliphatic rings. The topological polar surface area (TPSA) is 9.23 Å². The first-order valence-corrected chi connectivity index (χ1v) is 7.45. The fraction of sp³-hybridized carbons (Fsp3) is 0.647. The fourth-order valence-corrected chi connectivity index (χ4v) is 3.31. The van der Waals surface area contributed by atoms with Crippen LogP contribution in [-0.4, -0.2) is 12.7 Å². The van der Waals surface area contributed by atoms with Crippen molar-refractivity contribution >= 4 is 0 Å². The third-order valence-electron chi connectivity index (χ3n) is 4.83. The molecule has 0 unspecified atom stereocenters. The third kappa shape index (κ3) is 3.38. The molecule has 1 fully saturated rings. The van der Waals surface area contributed by atoms with Gasteiger partial charge in [-0.05, 0) is 55.2 Å². The molecule has 1 aromatic carbocycles. The van der Waals surface area contributed by atoms with E-state index in [0.717, 1.165) is 37.2 Å². The molecule has 3 heteroatoms. The molecule has 20 heavy (non-hydrogen) atoms. The van der Waals surface area contributed by atoms with Crippen molar-refractivity contribution in [3.05, 3.63) is 35.4 Å². The summed E-state index contributed by atoms with van der Waals surface area (Å²) in [5, 5.41) is 0. The lowest BCUT2D eigenvalue weighted by Crippen LogP contribution is -2.39. The Morgan fingerprint density at radius 1 is 1.20 bits per heavy atom. The van der Waals surface area contributed by atoms with Crippen LogP contribution < -0.4 is 0 Å². The predicted octanol–water partition coefficient (Wildman–Crippen LogP) is 4.74. The third-order valence-corrected chi connectivity index (χ3v) is 4.83. The molecule has 0 aromatic heterocycles. The van der Waals surface area contributed by atoms with Crippen molar-refractivity contribution < 1.29 is 13.5 Å². The molecular weight excluding hydrogens is 258 g/mol. The highest BCUT2D eigenvalue weighted by Gasteiger charge is 2.36. The molecule has 0 spiro atoms. The van der Waals surface area contributed by atoms with E-state index in [1.807, 2.05) is 0 Å². The molecule has 0 bridgehead atoms. The summed E-state index contributed by atoms with van der Waals surface area (Å²) >= 11 is 0. The molecule has 1 nitrogen and oxygen atoms in total. The van der Waals surface area contributed by atoms with Crippen LogP contribution in [0.3, 0.4) is 0 Å². The van der Waals surface area contributed by atoms with Gasteiger partial charge in [-0.3, -0.25) is 0 Å². The summed E-state index contributed by atoms with van der Waals surface area (Å²) in [6.07, 6.45) is 4.94. The van der Waals surface area contributed by atoms with E-state index in [-0.39, 0.29) is 5.60 Å². The van der Waals surface area contributed by atoms with Gasteiger partial charge >= 0.3 is 0 Å². The van der Waals surface area contributed by atoms with Crippen LogP contribution in [0, 0.1) is 23.5 Å². The maximum absolute atomic E-state index is 13.3. The summed E-state index contributed by atoms with van der Waals surface area (Å²) in [5.74, 6) is -0.107. The van der Waals surface area contributed by atoms with Crippen LogP contribution in [0.1, 0.15) is 45.1 Å². The van der Waals surface area contributed by atoms with Crippen LogP contribution in [0.15, 0.2) is 18.2 Å². The molecule has 0 heterocycles. The molecule has 112 valence electrons. The second-order valence-corrected chi connectivity index (χ2v) is 6.39. The zero-order valence-corrected chi connectivity index (χ0v) is 12.6. The Morgan fingerprint density at radius 3 is 2.35 bits per heavy atom. The Bertz CT molecular complexity index is 448. The summed E-state index contributed by atoms with van der Waals surface area (Å²) in [6, 6.07) is 4.16. The predicted molar refractivity (Wildman–Crippen MR) is 76.6 cm³/mol. The first kappa shape index (κ1) is 15.4. The Kier molecular flexibility index (Phi) is 4.79. The minimum Gasteiger partial charge on any atom is -0.378 e. The normalized spacial score (nSPS) is 27.0. The van der Waals surface area contributed by atoms with Crippen LogP contribution >= 0.6 is 0 Å². The lowest BCUT2D eigenvalue weighted by molar-refractivity contribution is -0.0526. The second kappa shape index (κ2) is 6.21. The largest absolute Gasteiger partial charge is 0.378 e. The van der Waals surface area contributed by atoms with Gasteiger partial charge < -0.3 is 4.74 Å². The van der Waals surface area contributed by atoms with Crippen molar-refractivity contribution in [1.82, 2.24) is 0 Å². The number of methoxy groups -OCH3 is 1. The summed E-state index contributed by atoms with van der Waals surface area (Å²) in [6.45, 7) is 4.53. The molecule has 0 aliphatic heterocycles. The number of hydrogen-bond acceptors (Lipinski definition) is 1. The second-order valence-electron chi connectivity index (χ2n) is 6.39. The Hall–Kier alpha value is -0.960. The van der Waals surface area contributed by atoms with E-state index >= 15 is 0 Å². The number of hydrogen-bond donors (Lipinski definition) is 0. The molecule has 0 atom stereocenters. The van der Waals surface area contributed by atoms with E-state index in [1.165, 1.54) is 12.1 Å². The van der Waals surface area contributed by atoms with Crippen molar-refractivity contribution in [1.29, 1.82) is 0 Å². The average Bonchev–Trinajstić information content (AvgIpc) is 2.43. The van der Waals surface area contributed by atoms with Gasteiger partial charge in [0.2, 0.25) is 0 Å². The van der Waals surface area contributed by atoms with Gasteiger partial charge in [0.1, 0.15) is 0 Å². The van der Waals surface area contributed by atoms with Gasteiger partial charge in [-0.2, -0.15) is 0 Å². The summed E-state index contributed by atoms with van der Waals surface area (Å²) in [7, 11) is 1.73. The molecule has 2 rings (SSSR count). The van der Waals surface area contributed by atoms with Gasteiger partial charge in [-0.1, -0.05) is 19.9 Å². The Balaban J connectivity index is 2.07. The lowest BCUT2D eigenvalue weighted by Gasteiger charge is -2.40. The van der Waals surface area contributed by atoms with Gasteiger partial charge in [0.15, 0.2) is 11.6 Å². The maximum atomic E-state index is 13.3. The van der Waals surface area contributed by atoms with Gasteiger partial charge in [0.05, 0.1) is 5.60 Å². The van der Waals surface area contributed by atoms with E-state index < -0.39 is 11.6 Å². The summed E-state index contributed by atoms with van der Waals surface area (Å²) in [5.41, 5.74) is 0.601. The summed E-state index contributed by atoms with van der Waals surface area (Å²) < 4.78 is 32.1. The smallest absolute Gasteiger partial charge is 0.159 e. The summed E-state index contributed by atoms with van der Waals surface area (Å²) in [4.78, 5) is 0. The monoisotopic (exact) mass is 282 g/mol. The first-order chi connectivity index (χ1) is 9.46. The van der Waals surface area contributed by atoms with E-state index in [4.69, 9.17) is 4.74 Å². The average molecular weight is 282 g/mol. The van der Waals surface area contributed by atoms with Crippen LogP contribution in [0.4, 0.5) is 8.78 Å². The molecule has 0 radical (unpaired) electrons. The highest BCUT2D eigenvalue weighted by molar-refractivity contribution is 5.20. The molecule has 0 N–H and O–H groups in total. The van der Waals surface area contributed by atoms with Crippen molar-refractivity contribution in [2.45, 2.75) is 51.6 Å².